The summed E-state index contributed by atoms with van der Waals surface area (Å²) in [5.41, 5.74) is 2.77. The van der Waals surface area contributed by atoms with Crippen LogP contribution in [0.4, 0.5) is 5.69 Å². The Morgan fingerprint density at radius 2 is 1.72 bits per heavy atom. The Morgan fingerprint density at radius 3 is 2.38 bits per heavy atom. The van der Waals surface area contributed by atoms with Crippen LogP contribution < -0.4 is 5.32 Å². The fourth-order valence-electron chi connectivity index (χ4n) is 2.57. The van der Waals surface area contributed by atoms with Crippen molar-refractivity contribution in [2.45, 2.75) is 4.90 Å². The number of rotatable bonds is 6. The normalized spacial score (nSPS) is 11.7. The summed E-state index contributed by atoms with van der Waals surface area (Å²) in [5.74, 6) is -0.315. The summed E-state index contributed by atoms with van der Waals surface area (Å²) in [6.07, 6.45) is 5.54. The van der Waals surface area contributed by atoms with Crippen LogP contribution in [0.15, 0.2) is 77.8 Å². The minimum atomic E-state index is -3.52. The van der Waals surface area contributed by atoms with Crippen LogP contribution in [0.3, 0.4) is 0 Å². The fraction of sp³-hybridized carbons (Fsp3) is 0.0909. The lowest BCUT2D eigenvalue weighted by atomic mass is 10.1. The Kier molecular flexibility index (Phi) is 6.21. The molecule has 29 heavy (non-hydrogen) atoms. The summed E-state index contributed by atoms with van der Waals surface area (Å²) in [6, 6.07) is 18.9. The highest BCUT2D eigenvalue weighted by atomic mass is 32.2. The number of aromatic nitrogens is 1. The highest BCUT2D eigenvalue weighted by Crippen LogP contribution is 2.17. The van der Waals surface area contributed by atoms with Gasteiger partial charge in [0.15, 0.2) is 0 Å². The van der Waals surface area contributed by atoms with Gasteiger partial charge in [-0.2, -0.15) is 0 Å². The minimum absolute atomic E-state index is 0.140. The molecule has 3 aromatic rings. The highest BCUT2D eigenvalue weighted by Gasteiger charge is 2.17. The first kappa shape index (κ1) is 20.4. The summed E-state index contributed by atoms with van der Waals surface area (Å²) < 4.78 is 25.4. The molecule has 0 aliphatic rings. The summed E-state index contributed by atoms with van der Waals surface area (Å²) in [6.45, 7) is 0. The number of carbonyl (C=O) groups is 1. The number of sulfonamides is 1. The Hall–Kier alpha value is -3.29. The maximum absolute atomic E-state index is 12.5. The van der Waals surface area contributed by atoms with E-state index < -0.39 is 10.0 Å². The maximum atomic E-state index is 12.5. The first-order valence-corrected chi connectivity index (χ1v) is 10.3. The van der Waals surface area contributed by atoms with Gasteiger partial charge in [-0.3, -0.25) is 9.78 Å². The van der Waals surface area contributed by atoms with Crippen molar-refractivity contribution in [2.75, 3.05) is 19.4 Å². The summed E-state index contributed by atoms with van der Waals surface area (Å²) in [4.78, 5) is 16.9. The molecule has 0 bridgehead atoms. The molecular weight excluding hydrogens is 386 g/mol. The molecule has 1 amide bonds. The molecule has 7 heteroatoms. The topological polar surface area (TPSA) is 79.4 Å². The fourth-order valence-corrected chi connectivity index (χ4v) is 3.47. The van der Waals surface area contributed by atoms with Gasteiger partial charge in [-0.15, -0.1) is 0 Å². The molecule has 0 aliphatic carbocycles. The van der Waals surface area contributed by atoms with Gasteiger partial charge in [0, 0.05) is 31.5 Å². The molecule has 1 N–H and O–H groups in total. The molecule has 0 atom stereocenters. The third-order valence-electron chi connectivity index (χ3n) is 4.17. The molecule has 6 nitrogen and oxygen atoms in total. The van der Waals surface area contributed by atoms with Gasteiger partial charge in [-0.25, -0.2) is 12.7 Å². The van der Waals surface area contributed by atoms with E-state index in [9.17, 15) is 13.2 Å². The van der Waals surface area contributed by atoms with Crippen molar-refractivity contribution in [3.05, 3.63) is 89.7 Å². The molecule has 0 unspecified atom stereocenters. The van der Waals surface area contributed by atoms with E-state index in [2.05, 4.69) is 10.3 Å². The summed E-state index contributed by atoms with van der Waals surface area (Å²) in [7, 11) is -0.597. The highest BCUT2D eigenvalue weighted by molar-refractivity contribution is 7.89. The standard InChI is InChI=1S/C22H21N3O3S/c1-25(2)29(27,28)21-13-10-18(11-14-21)22(26)24-20-8-5-6-17(16-20)9-12-19-7-3-4-15-23-19/h3-16H,1-2H3,(H,24,26). The maximum Gasteiger partial charge on any atom is 0.255 e. The second-order valence-corrected chi connectivity index (χ2v) is 8.63. The van der Waals surface area contributed by atoms with Crippen molar-refractivity contribution in [2.24, 2.45) is 0 Å². The molecule has 1 heterocycles. The van der Waals surface area contributed by atoms with Crippen molar-refractivity contribution >= 4 is 33.8 Å². The number of carbonyl (C=O) groups excluding carboxylic acids is 1. The van der Waals surface area contributed by atoms with Crippen molar-refractivity contribution in [1.82, 2.24) is 9.29 Å². The Labute approximate surface area is 170 Å². The van der Waals surface area contributed by atoms with Gasteiger partial charge in [-0.1, -0.05) is 24.3 Å². The van der Waals surface area contributed by atoms with Crippen LogP contribution in [0.1, 0.15) is 21.6 Å². The van der Waals surface area contributed by atoms with Gasteiger partial charge in [-0.05, 0) is 60.2 Å². The number of amides is 1. The van der Waals surface area contributed by atoms with Crippen LogP contribution >= 0.6 is 0 Å². The number of nitrogens with one attached hydrogen (secondary N) is 1. The molecule has 0 aliphatic heterocycles. The summed E-state index contributed by atoms with van der Waals surface area (Å²) in [5, 5.41) is 2.83. The van der Waals surface area contributed by atoms with Gasteiger partial charge in [0.2, 0.25) is 10.0 Å². The van der Waals surface area contributed by atoms with E-state index in [4.69, 9.17) is 0 Å². The van der Waals surface area contributed by atoms with Gasteiger partial charge < -0.3 is 5.32 Å². The molecule has 0 radical (unpaired) electrons. The lowest BCUT2D eigenvalue weighted by Gasteiger charge is -2.11. The number of pyridine rings is 1. The molecule has 2 aromatic carbocycles. The molecular formula is C22H21N3O3S. The predicted octanol–water partition coefficient (Wildman–Crippen LogP) is 3.75. The van der Waals surface area contributed by atoms with Crippen LogP contribution in [0.5, 0.6) is 0 Å². The summed E-state index contributed by atoms with van der Waals surface area (Å²) >= 11 is 0. The minimum Gasteiger partial charge on any atom is -0.322 e. The zero-order valence-electron chi connectivity index (χ0n) is 16.1. The van der Waals surface area contributed by atoms with Crippen LogP contribution in [0.2, 0.25) is 0 Å². The molecule has 0 spiro atoms. The third-order valence-corrected chi connectivity index (χ3v) is 6.00. The third kappa shape index (κ3) is 5.16. The lowest BCUT2D eigenvalue weighted by Crippen LogP contribution is -2.22. The van der Waals surface area contributed by atoms with Crippen LogP contribution in [-0.2, 0) is 10.0 Å². The number of anilines is 1. The van der Waals surface area contributed by atoms with E-state index in [-0.39, 0.29) is 10.8 Å². The van der Waals surface area contributed by atoms with Crippen LogP contribution in [0, 0.1) is 0 Å². The zero-order chi connectivity index (χ0) is 20.9. The second kappa shape index (κ2) is 8.81. The van der Waals surface area contributed by atoms with E-state index in [1.807, 2.05) is 48.6 Å². The first-order chi connectivity index (χ1) is 13.9. The Balaban J connectivity index is 1.72. The van der Waals surface area contributed by atoms with Gasteiger partial charge in [0.25, 0.3) is 5.91 Å². The van der Waals surface area contributed by atoms with E-state index >= 15 is 0 Å². The molecule has 0 fully saturated rings. The Morgan fingerprint density at radius 1 is 0.966 bits per heavy atom. The lowest BCUT2D eigenvalue weighted by molar-refractivity contribution is 0.102. The number of benzene rings is 2. The van der Waals surface area contributed by atoms with Crippen LogP contribution in [-0.4, -0.2) is 37.7 Å². The average molecular weight is 407 g/mol. The first-order valence-electron chi connectivity index (χ1n) is 8.89. The van der Waals surface area contributed by atoms with E-state index in [1.54, 1.807) is 12.3 Å². The van der Waals surface area contributed by atoms with Crippen molar-refractivity contribution in [3.63, 3.8) is 0 Å². The van der Waals surface area contributed by atoms with Crippen molar-refractivity contribution in [3.8, 4) is 0 Å². The molecule has 0 saturated heterocycles. The largest absolute Gasteiger partial charge is 0.322 e. The molecule has 0 saturated carbocycles. The van der Waals surface area contributed by atoms with Gasteiger partial charge in [0.05, 0.1) is 10.6 Å². The number of nitrogens with zero attached hydrogens (tertiary/aromatic N) is 2. The smallest absolute Gasteiger partial charge is 0.255 e. The van der Waals surface area contributed by atoms with Crippen molar-refractivity contribution < 1.29 is 13.2 Å². The number of hydrogen-bond donors (Lipinski definition) is 1. The van der Waals surface area contributed by atoms with Crippen molar-refractivity contribution in [1.29, 1.82) is 0 Å². The van der Waals surface area contributed by atoms with Gasteiger partial charge >= 0.3 is 0 Å². The number of hydrogen-bond acceptors (Lipinski definition) is 4. The van der Waals surface area contributed by atoms with E-state index in [0.717, 1.165) is 15.6 Å². The van der Waals surface area contributed by atoms with Gasteiger partial charge in [0.1, 0.15) is 0 Å². The predicted molar refractivity (Wildman–Crippen MR) is 115 cm³/mol. The molecule has 3 rings (SSSR count). The molecule has 1 aromatic heterocycles. The quantitative estimate of drug-likeness (QED) is 0.675. The van der Waals surface area contributed by atoms with E-state index in [1.165, 1.54) is 38.4 Å². The SMILES string of the molecule is CN(C)S(=O)(=O)c1ccc(C(=O)Nc2cccc(C=Cc3ccccn3)c2)cc1. The Bertz CT molecular complexity index is 1120. The molecule has 148 valence electrons. The van der Waals surface area contributed by atoms with E-state index in [0.29, 0.717) is 11.3 Å². The monoisotopic (exact) mass is 407 g/mol. The zero-order valence-corrected chi connectivity index (χ0v) is 16.9. The average Bonchev–Trinajstić information content (AvgIpc) is 2.73. The second-order valence-electron chi connectivity index (χ2n) is 6.48. The van der Waals surface area contributed by atoms with Crippen LogP contribution in [0.25, 0.3) is 12.2 Å².